The van der Waals surface area contributed by atoms with E-state index in [9.17, 15) is 14.7 Å². The summed E-state index contributed by atoms with van der Waals surface area (Å²) in [5, 5.41) is 10.9. The van der Waals surface area contributed by atoms with Gasteiger partial charge in [-0.1, -0.05) is 27.4 Å². The van der Waals surface area contributed by atoms with Crippen LogP contribution in [0.3, 0.4) is 0 Å². The summed E-state index contributed by atoms with van der Waals surface area (Å²) in [5.41, 5.74) is 0.277. The number of aliphatic hydroxyl groups excluding tert-OH is 1. The Bertz CT molecular complexity index is 716. The third-order valence-corrected chi connectivity index (χ3v) is 7.29. The van der Waals surface area contributed by atoms with Crippen molar-refractivity contribution < 1.29 is 28.9 Å². The molecule has 0 aromatic carbocycles. The smallest absolute Gasteiger partial charge is 0.334 e. The fraction of sp³-hybridized carbons (Fsp3) is 0.714. The molecule has 6 nitrogen and oxygen atoms in total. The highest BCUT2D eigenvalue weighted by atomic mass is 32.2. The fourth-order valence-corrected chi connectivity index (χ4v) is 5.58. The van der Waals surface area contributed by atoms with Gasteiger partial charge in [0.2, 0.25) is 0 Å². The number of aliphatic hydroxyl groups is 1. The van der Waals surface area contributed by atoms with Crippen molar-refractivity contribution in [3.8, 4) is 0 Å². The molecular formula is C21H30O6S. The van der Waals surface area contributed by atoms with Gasteiger partial charge in [-0.25, -0.2) is 4.79 Å². The van der Waals surface area contributed by atoms with Crippen molar-refractivity contribution in [2.45, 2.75) is 76.3 Å². The molecule has 2 bridgehead atoms. The third kappa shape index (κ3) is 3.53. The molecule has 2 unspecified atom stereocenters. The minimum atomic E-state index is -0.917. The lowest BCUT2D eigenvalue weighted by Gasteiger charge is -2.35. The molecule has 28 heavy (non-hydrogen) atoms. The summed E-state index contributed by atoms with van der Waals surface area (Å²) < 4.78 is 17.9. The summed E-state index contributed by atoms with van der Waals surface area (Å²) in [5.74, 6) is -0.838. The molecule has 3 heterocycles. The molecule has 156 valence electrons. The highest BCUT2D eigenvalue weighted by molar-refractivity contribution is 8.00. The summed E-state index contributed by atoms with van der Waals surface area (Å²) in [6.07, 6.45) is 0.602. The number of esters is 2. The van der Waals surface area contributed by atoms with Crippen molar-refractivity contribution in [1.82, 2.24) is 0 Å². The molecule has 6 atom stereocenters. The Balaban J connectivity index is 2.08. The van der Waals surface area contributed by atoms with Gasteiger partial charge >= 0.3 is 11.9 Å². The second-order valence-electron chi connectivity index (χ2n) is 8.43. The SMILES string of the molecule is C=C1C(=O)O[C@@H]2/C=C(\C)[C@@]3(SCC)CC(O)[C@@](C)(CC(OC(=O)C(C)C)[C@@H]12)O3. The largest absolute Gasteiger partial charge is 0.461 e. The van der Waals surface area contributed by atoms with Crippen molar-refractivity contribution in [3.63, 3.8) is 0 Å². The van der Waals surface area contributed by atoms with E-state index in [1.165, 1.54) is 0 Å². The lowest BCUT2D eigenvalue weighted by atomic mass is 9.81. The zero-order valence-electron chi connectivity index (χ0n) is 17.2. The zero-order valence-corrected chi connectivity index (χ0v) is 18.0. The number of hydrogen-bond donors (Lipinski definition) is 1. The lowest BCUT2D eigenvalue weighted by molar-refractivity contribution is -0.163. The zero-order chi connectivity index (χ0) is 20.9. The summed E-state index contributed by atoms with van der Waals surface area (Å²) in [6, 6.07) is 0. The van der Waals surface area contributed by atoms with Crippen LogP contribution >= 0.6 is 11.8 Å². The molecule has 3 aliphatic rings. The Kier molecular flexibility index (Phi) is 5.73. The molecule has 3 aliphatic heterocycles. The molecule has 0 amide bonds. The topological polar surface area (TPSA) is 82.1 Å². The van der Waals surface area contributed by atoms with E-state index in [1.807, 2.05) is 26.8 Å². The van der Waals surface area contributed by atoms with Crippen LogP contribution in [0, 0.1) is 11.8 Å². The lowest BCUT2D eigenvalue weighted by Crippen LogP contribution is -2.44. The molecule has 0 aromatic heterocycles. The first kappa shape index (κ1) is 21.4. The molecule has 3 rings (SSSR count). The minimum Gasteiger partial charge on any atom is -0.461 e. The number of fused-ring (bicyclic) bond motifs is 3. The first-order valence-corrected chi connectivity index (χ1v) is 10.8. The van der Waals surface area contributed by atoms with E-state index in [4.69, 9.17) is 14.2 Å². The second kappa shape index (κ2) is 7.50. The fourth-order valence-electron chi connectivity index (χ4n) is 4.29. The van der Waals surface area contributed by atoms with Gasteiger partial charge < -0.3 is 19.3 Å². The Morgan fingerprint density at radius 1 is 1.46 bits per heavy atom. The molecular weight excluding hydrogens is 380 g/mol. The molecule has 0 spiro atoms. The monoisotopic (exact) mass is 410 g/mol. The van der Waals surface area contributed by atoms with Gasteiger partial charge in [-0.05, 0) is 31.2 Å². The number of carbonyl (C=O) groups excluding carboxylic acids is 2. The van der Waals surface area contributed by atoms with Crippen LogP contribution in [0.15, 0.2) is 23.8 Å². The second-order valence-corrected chi connectivity index (χ2v) is 9.95. The quantitative estimate of drug-likeness (QED) is 0.433. The van der Waals surface area contributed by atoms with E-state index in [2.05, 4.69) is 6.58 Å². The van der Waals surface area contributed by atoms with Crippen LogP contribution in [0.2, 0.25) is 0 Å². The normalized spacial score (nSPS) is 42.2. The van der Waals surface area contributed by atoms with Crippen LogP contribution in [0.25, 0.3) is 0 Å². The number of rotatable bonds is 4. The van der Waals surface area contributed by atoms with E-state index in [-0.39, 0.29) is 18.3 Å². The highest BCUT2D eigenvalue weighted by Crippen LogP contribution is 2.53. The summed E-state index contributed by atoms with van der Waals surface area (Å²) in [7, 11) is 0. The van der Waals surface area contributed by atoms with Gasteiger partial charge in [0.05, 0.1) is 23.5 Å². The summed E-state index contributed by atoms with van der Waals surface area (Å²) >= 11 is 1.62. The van der Waals surface area contributed by atoms with Crippen LogP contribution in [0.1, 0.15) is 47.5 Å². The van der Waals surface area contributed by atoms with Crippen LogP contribution in [-0.2, 0) is 23.8 Å². The van der Waals surface area contributed by atoms with Gasteiger partial charge in [-0.15, -0.1) is 11.8 Å². The van der Waals surface area contributed by atoms with Crippen LogP contribution in [0.5, 0.6) is 0 Å². The minimum absolute atomic E-state index is 0.261. The Hall–Kier alpha value is -1.31. The molecule has 0 radical (unpaired) electrons. The first-order valence-electron chi connectivity index (χ1n) is 9.84. The molecule has 1 N–H and O–H groups in total. The molecule has 0 aromatic rings. The number of carbonyl (C=O) groups is 2. The van der Waals surface area contributed by atoms with Gasteiger partial charge in [0.1, 0.15) is 17.1 Å². The molecule has 0 aliphatic carbocycles. The summed E-state index contributed by atoms with van der Waals surface area (Å²) in [4.78, 5) is 24.0. The van der Waals surface area contributed by atoms with Crippen molar-refractivity contribution >= 4 is 23.7 Å². The van der Waals surface area contributed by atoms with E-state index in [0.29, 0.717) is 12.0 Å². The molecule has 7 heteroatoms. The predicted octanol–water partition coefficient (Wildman–Crippen LogP) is 2.99. The van der Waals surface area contributed by atoms with E-state index in [1.54, 1.807) is 25.6 Å². The Morgan fingerprint density at radius 2 is 2.14 bits per heavy atom. The average molecular weight is 411 g/mol. The highest BCUT2D eigenvalue weighted by Gasteiger charge is 2.58. The Labute approximate surface area is 170 Å². The number of thioether (sulfide) groups is 1. The van der Waals surface area contributed by atoms with Crippen molar-refractivity contribution in [3.05, 3.63) is 23.8 Å². The van der Waals surface area contributed by atoms with Crippen molar-refractivity contribution in [2.75, 3.05) is 5.75 Å². The average Bonchev–Trinajstić information content (AvgIpc) is 3.01. The summed E-state index contributed by atoms with van der Waals surface area (Å²) in [6.45, 7) is 13.2. The third-order valence-electron chi connectivity index (χ3n) is 5.97. The van der Waals surface area contributed by atoms with Crippen LogP contribution in [0.4, 0.5) is 0 Å². The molecule has 2 saturated heterocycles. The van der Waals surface area contributed by atoms with Gasteiger partial charge in [0.15, 0.2) is 0 Å². The molecule has 0 saturated carbocycles. The van der Waals surface area contributed by atoms with Gasteiger partial charge in [-0.3, -0.25) is 4.79 Å². The van der Waals surface area contributed by atoms with Crippen LogP contribution in [-0.4, -0.2) is 51.6 Å². The predicted molar refractivity (Wildman–Crippen MR) is 107 cm³/mol. The standard InChI is InChI=1S/C21H30O6S/c1-7-28-21-10-16(22)20(6,27-21)9-15(26-18(23)11(2)3)17-13(5)19(24)25-14(17)8-12(21)4/h8,11,14-17,22H,5,7,9-10H2,1-4,6H3/b12-8+/t14-,15?,16?,17+,20-,21+/m1/s1. The van der Waals surface area contributed by atoms with E-state index < -0.39 is 40.7 Å². The van der Waals surface area contributed by atoms with Crippen molar-refractivity contribution in [2.24, 2.45) is 11.8 Å². The molecule has 2 fully saturated rings. The Morgan fingerprint density at radius 3 is 2.75 bits per heavy atom. The first-order chi connectivity index (χ1) is 13.0. The maximum Gasteiger partial charge on any atom is 0.334 e. The van der Waals surface area contributed by atoms with Gasteiger partial charge in [-0.2, -0.15) is 0 Å². The number of ether oxygens (including phenoxy) is 3. The van der Waals surface area contributed by atoms with Gasteiger partial charge in [0.25, 0.3) is 0 Å². The maximum absolute atomic E-state index is 12.4. The van der Waals surface area contributed by atoms with E-state index >= 15 is 0 Å². The van der Waals surface area contributed by atoms with Crippen molar-refractivity contribution in [1.29, 1.82) is 0 Å². The maximum atomic E-state index is 12.4. The van der Waals surface area contributed by atoms with Crippen LogP contribution < -0.4 is 0 Å². The number of hydrogen-bond acceptors (Lipinski definition) is 7. The van der Waals surface area contributed by atoms with E-state index in [0.717, 1.165) is 11.3 Å². The van der Waals surface area contributed by atoms with Gasteiger partial charge in [0, 0.05) is 18.4 Å².